The fourth-order valence-electron chi connectivity index (χ4n) is 2.63. The second-order valence-corrected chi connectivity index (χ2v) is 7.88. The Kier molecular flexibility index (Phi) is 6.48. The van der Waals surface area contributed by atoms with E-state index in [0.717, 1.165) is 35.8 Å². The van der Waals surface area contributed by atoms with E-state index < -0.39 is 5.60 Å². The standard InChI is InChI=1S/C18H26BrNO3/c1-18(2,3)23-17(21)20-11-5-4-6-16(20)13-22-12-14-7-9-15(19)10-8-14/h7-10,16H,4-6,11-13H2,1-3H3/t16-/m0/s1. The van der Waals surface area contributed by atoms with Gasteiger partial charge in [0.25, 0.3) is 0 Å². The number of hydrogen-bond acceptors (Lipinski definition) is 3. The Hall–Kier alpha value is -1.07. The number of piperidine rings is 1. The SMILES string of the molecule is CC(C)(C)OC(=O)N1CCCC[C@H]1COCc1ccc(Br)cc1. The molecule has 0 N–H and O–H groups in total. The van der Waals surface area contributed by atoms with E-state index in [4.69, 9.17) is 9.47 Å². The Morgan fingerprint density at radius 3 is 2.61 bits per heavy atom. The van der Waals surface area contributed by atoms with Crippen LogP contribution < -0.4 is 0 Å². The molecule has 128 valence electrons. The molecule has 1 aromatic rings. The normalized spacial score (nSPS) is 18.8. The smallest absolute Gasteiger partial charge is 0.410 e. The lowest BCUT2D eigenvalue weighted by Crippen LogP contribution is -2.48. The van der Waals surface area contributed by atoms with Crippen LogP contribution in [0.2, 0.25) is 0 Å². The topological polar surface area (TPSA) is 38.8 Å². The van der Waals surface area contributed by atoms with Crippen LogP contribution in [-0.4, -0.2) is 35.8 Å². The molecule has 1 amide bonds. The van der Waals surface area contributed by atoms with Crippen molar-refractivity contribution < 1.29 is 14.3 Å². The van der Waals surface area contributed by atoms with E-state index in [1.54, 1.807) is 0 Å². The molecular formula is C18H26BrNO3. The third-order valence-electron chi connectivity index (χ3n) is 3.75. The summed E-state index contributed by atoms with van der Waals surface area (Å²) in [5.41, 5.74) is 0.671. The number of amides is 1. The molecule has 4 nitrogen and oxygen atoms in total. The second-order valence-electron chi connectivity index (χ2n) is 6.96. The zero-order chi connectivity index (χ0) is 16.9. The van der Waals surface area contributed by atoms with Gasteiger partial charge in [-0.2, -0.15) is 0 Å². The summed E-state index contributed by atoms with van der Waals surface area (Å²) in [5, 5.41) is 0. The first-order valence-electron chi connectivity index (χ1n) is 8.17. The van der Waals surface area contributed by atoms with Gasteiger partial charge in [0.05, 0.1) is 19.3 Å². The van der Waals surface area contributed by atoms with Crippen LogP contribution in [0, 0.1) is 0 Å². The molecule has 0 bridgehead atoms. The highest BCUT2D eigenvalue weighted by Gasteiger charge is 2.30. The first kappa shape index (κ1) is 18.3. The highest BCUT2D eigenvalue weighted by Crippen LogP contribution is 2.21. The molecule has 5 heteroatoms. The summed E-state index contributed by atoms with van der Waals surface area (Å²) in [6.45, 7) is 7.55. The average molecular weight is 384 g/mol. The summed E-state index contributed by atoms with van der Waals surface area (Å²) < 4.78 is 12.4. The van der Waals surface area contributed by atoms with Crippen molar-refractivity contribution in [1.29, 1.82) is 0 Å². The lowest BCUT2D eigenvalue weighted by atomic mass is 10.0. The van der Waals surface area contributed by atoms with Gasteiger partial charge in [-0.25, -0.2) is 4.79 Å². The van der Waals surface area contributed by atoms with Crippen LogP contribution in [0.3, 0.4) is 0 Å². The molecule has 1 saturated heterocycles. The van der Waals surface area contributed by atoms with E-state index in [0.29, 0.717) is 13.2 Å². The maximum atomic E-state index is 12.3. The van der Waals surface area contributed by atoms with Crippen molar-refractivity contribution >= 4 is 22.0 Å². The Morgan fingerprint density at radius 1 is 1.26 bits per heavy atom. The predicted octanol–water partition coefficient (Wildman–Crippen LogP) is 4.76. The molecule has 1 aliphatic heterocycles. The van der Waals surface area contributed by atoms with Crippen LogP contribution in [0.15, 0.2) is 28.7 Å². The summed E-state index contributed by atoms with van der Waals surface area (Å²) >= 11 is 3.42. The first-order valence-corrected chi connectivity index (χ1v) is 8.96. The zero-order valence-corrected chi connectivity index (χ0v) is 15.8. The van der Waals surface area contributed by atoms with Crippen molar-refractivity contribution in [3.63, 3.8) is 0 Å². The second kappa shape index (κ2) is 8.15. The summed E-state index contributed by atoms with van der Waals surface area (Å²) in [7, 11) is 0. The van der Waals surface area contributed by atoms with Crippen molar-refractivity contribution in [3.8, 4) is 0 Å². The van der Waals surface area contributed by atoms with Crippen molar-refractivity contribution in [3.05, 3.63) is 34.3 Å². The summed E-state index contributed by atoms with van der Waals surface area (Å²) in [4.78, 5) is 14.2. The highest BCUT2D eigenvalue weighted by atomic mass is 79.9. The number of hydrogen-bond donors (Lipinski definition) is 0. The van der Waals surface area contributed by atoms with E-state index in [1.807, 2.05) is 49.9 Å². The van der Waals surface area contributed by atoms with Gasteiger partial charge in [-0.15, -0.1) is 0 Å². The largest absolute Gasteiger partial charge is 0.444 e. The van der Waals surface area contributed by atoms with Crippen molar-refractivity contribution in [1.82, 2.24) is 4.90 Å². The van der Waals surface area contributed by atoms with Crippen LogP contribution in [0.25, 0.3) is 0 Å². The fourth-order valence-corrected chi connectivity index (χ4v) is 2.89. The predicted molar refractivity (Wildman–Crippen MR) is 94.4 cm³/mol. The third-order valence-corrected chi connectivity index (χ3v) is 4.28. The molecular weight excluding hydrogens is 358 g/mol. The lowest BCUT2D eigenvalue weighted by Gasteiger charge is -2.36. The van der Waals surface area contributed by atoms with E-state index in [9.17, 15) is 4.79 Å². The minimum Gasteiger partial charge on any atom is -0.444 e. The maximum Gasteiger partial charge on any atom is 0.410 e. The van der Waals surface area contributed by atoms with Gasteiger partial charge >= 0.3 is 6.09 Å². The van der Waals surface area contributed by atoms with Gasteiger partial charge in [0.2, 0.25) is 0 Å². The number of benzene rings is 1. The van der Waals surface area contributed by atoms with Gasteiger partial charge < -0.3 is 14.4 Å². The highest BCUT2D eigenvalue weighted by molar-refractivity contribution is 9.10. The monoisotopic (exact) mass is 383 g/mol. The minimum atomic E-state index is -0.461. The van der Waals surface area contributed by atoms with Gasteiger partial charge in [-0.1, -0.05) is 28.1 Å². The Balaban J connectivity index is 1.86. The van der Waals surface area contributed by atoms with Gasteiger partial charge in [0.15, 0.2) is 0 Å². The lowest BCUT2D eigenvalue weighted by molar-refractivity contribution is -0.00997. The molecule has 0 spiro atoms. The maximum absolute atomic E-state index is 12.3. The Labute approximate surface area is 147 Å². The van der Waals surface area contributed by atoms with Gasteiger partial charge in [-0.3, -0.25) is 0 Å². The zero-order valence-electron chi connectivity index (χ0n) is 14.2. The fraction of sp³-hybridized carbons (Fsp3) is 0.611. The molecule has 0 aliphatic carbocycles. The van der Waals surface area contributed by atoms with Crippen molar-refractivity contribution in [2.75, 3.05) is 13.2 Å². The summed E-state index contributed by atoms with van der Waals surface area (Å²) in [6.07, 6.45) is 2.91. The third kappa shape index (κ3) is 6.15. The first-order chi connectivity index (χ1) is 10.8. The number of carbonyl (C=O) groups excluding carboxylic acids is 1. The number of halogens is 1. The number of ether oxygens (including phenoxy) is 2. The Bertz CT molecular complexity index is 510. The van der Waals surface area contributed by atoms with E-state index in [1.165, 1.54) is 0 Å². The number of carbonyl (C=O) groups is 1. The van der Waals surface area contributed by atoms with E-state index in [-0.39, 0.29) is 12.1 Å². The molecule has 1 atom stereocenters. The average Bonchev–Trinajstić information content (AvgIpc) is 2.48. The number of nitrogens with zero attached hydrogens (tertiary/aromatic N) is 1. The quantitative estimate of drug-likeness (QED) is 0.752. The van der Waals surface area contributed by atoms with Crippen LogP contribution in [0.4, 0.5) is 4.79 Å². The molecule has 2 rings (SSSR count). The molecule has 0 unspecified atom stereocenters. The molecule has 1 aliphatic rings. The molecule has 0 saturated carbocycles. The van der Waals surface area contributed by atoms with Gasteiger partial charge in [0, 0.05) is 11.0 Å². The van der Waals surface area contributed by atoms with Crippen LogP contribution >= 0.6 is 15.9 Å². The number of rotatable bonds is 4. The molecule has 1 heterocycles. The molecule has 0 aromatic heterocycles. The number of likely N-dealkylation sites (tertiary alicyclic amines) is 1. The Morgan fingerprint density at radius 2 is 1.96 bits per heavy atom. The molecule has 1 aromatic carbocycles. The molecule has 0 radical (unpaired) electrons. The van der Waals surface area contributed by atoms with Gasteiger partial charge in [-0.05, 0) is 57.7 Å². The van der Waals surface area contributed by atoms with E-state index >= 15 is 0 Å². The summed E-state index contributed by atoms with van der Waals surface area (Å²) in [5.74, 6) is 0. The van der Waals surface area contributed by atoms with Crippen LogP contribution in [0.1, 0.15) is 45.6 Å². The summed E-state index contributed by atoms with van der Waals surface area (Å²) in [6, 6.07) is 8.19. The van der Waals surface area contributed by atoms with Crippen molar-refractivity contribution in [2.45, 2.75) is 58.3 Å². The van der Waals surface area contributed by atoms with Crippen LogP contribution in [0.5, 0.6) is 0 Å². The van der Waals surface area contributed by atoms with Crippen LogP contribution in [-0.2, 0) is 16.1 Å². The van der Waals surface area contributed by atoms with Gasteiger partial charge in [0.1, 0.15) is 5.60 Å². The van der Waals surface area contributed by atoms with E-state index in [2.05, 4.69) is 15.9 Å². The minimum absolute atomic E-state index is 0.106. The molecule has 23 heavy (non-hydrogen) atoms. The van der Waals surface area contributed by atoms with Crippen molar-refractivity contribution in [2.24, 2.45) is 0 Å². The molecule has 1 fully saturated rings.